The third-order valence-corrected chi connectivity index (χ3v) is 3.61. The lowest BCUT2D eigenvalue weighted by atomic mass is 9.60. The van der Waals surface area contributed by atoms with Crippen LogP contribution in [0.2, 0.25) is 0 Å². The Morgan fingerprint density at radius 1 is 1.33 bits per heavy atom. The first-order chi connectivity index (χ1) is 7.23. The third kappa shape index (κ3) is 1.72. The largest absolute Gasteiger partial charge is 0.349 e. The lowest BCUT2D eigenvalue weighted by Crippen LogP contribution is -2.62. The highest BCUT2D eigenvalue weighted by Gasteiger charge is 2.59. The van der Waals surface area contributed by atoms with Crippen molar-refractivity contribution >= 4 is 5.78 Å². The molecule has 2 aliphatic rings. The SMILES string of the molecule is CCOC1(OCC)CC2CCCC(=O)C21. The maximum atomic E-state index is 11.9. The molecule has 0 aromatic carbocycles. The zero-order chi connectivity index (χ0) is 10.9. The standard InChI is InChI=1S/C12H20O3/c1-3-14-12(15-4-2)8-9-6-5-7-10(13)11(9)12/h9,11H,3-8H2,1-2H3. The molecule has 3 heteroatoms. The van der Waals surface area contributed by atoms with Crippen molar-refractivity contribution in [2.75, 3.05) is 13.2 Å². The van der Waals surface area contributed by atoms with E-state index in [1.54, 1.807) is 0 Å². The molecule has 2 atom stereocenters. The van der Waals surface area contributed by atoms with Gasteiger partial charge in [-0.3, -0.25) is 4.79 Å². The molecule has 2 aliphatic carbocycles. The highest BCUT2D eigenvalue weighted by atomic mass is 16.7. The topological polar surface area (TPSA) is 35.5 Å². The predicted octanol–water partition coefficient (Wildman–Crippen LogP) is 2.14. The molecule has 0 N–H and O–H groups in total. The van der Waals surface area contributed by atoms with Gasteiger partial charge in [-0.1, -0.05) is 0 Å². The summed E-state index contributed by atoms with van der Waals surface area (Å²) < 4.78 is 11.4. The third-order valence-electron chi connectivity index (χ3n) is 3.61. The second kappa shape index (κ2) is 4.22. The number of Topliss-reactive ketones (excluding diaryl/α,β-unsaturated/α-hetero) is 1. The Morgan fingerprint density at radius 3 is 2.53 bits per heavy atom. The first kappa shape index (κ1) is 11.1. The second-order valence-electron chi connectivity index (χ2n) is 4.48. The van der Waals surface area contributed by atoms with Gasteiger partial charge < -0.3 is 9.47 Å². The molecule has 0 bridgehead atoms. The van der Waals surface area contributed by atoms with Crippen LogP contribution in [0.15, 0.2) is 0 Å². The van der Waals surface area contributed by atoms with Crippen LogP contribution >= 0.6 is 0 Å². The van der Waals surface area contributed by atoms with Crippen molar-refractivity contribution in [3.05, 3.63) is 0 Å². The van der Waals surface area contributed by atoms with Gasteiger partial charge in [-0.05, 0) is 32.6 Å². The van der Waals surface area contributed by atoms with Crippen molar-refractivity contribution in [3.63, 3.8) is 0 Å². The van der Waals surface area contributed by atoms with Crippen molar-refractivity contribution < 1.29 is 14.3 Å². The quantitative estimate of drug-likeness (QED) is 0.670. The number of rotatable bonds is 4. The van der Waals surface area contributed by atoms with Gasteiger partial charge in [0.25, 0.3) is 0 Å². The van der Waals surface area contributed by atoms with Gasteiger partial charge in [0.2, 0.25) is 0 Å². The van der Waals surface area contributed by atoms with Crippen LogP contribution in [0.1, 0.15) is 39.5 Å². The molecule has 15 heavy (non-hydrogen) atoms. The van der Waals surface area contributed by atoms with Crippen LogP contribution < -0.4 is 0 Å². The number of ketones is 1. The molecule has 0 aliphatic heterocycles. The minimum absolute atomic E-state index is 0.0196. The van der Waals surface area contributed by atoms with Crippen molar-refractivity contribution in [2.24, 2.45) is 11.8 Å². The van der Waals surface area contributed by atoms with Crippen LogP contribution in [0.3, 0.4) is 0 Å². The van der Waals surface area contributed by atoms with Crippen LogP contribution in [-0.2, 0) is 14.3 Å². The van der Waals surface area contributed by atoms with Crippen LogP contribution in [0, 0.1) is 11.8 Å². The van der Waals surface area contributed by atoms with Gasteiger partial charge >= 0.3 is 0 Å². The van der Waals surface area contributed by atoms with Crippen molar-refractivity contribution in [1.82, 2.24) is 0 Å². The summed E-state index contributed by atoms with van der Waals surface area (Å²) in [6.07, 6.45) is 3.83. The van der Waals surface area contributed by atoms with Crippen LogP contribution in [0.5, 0.6) is 0 Å². The summed E-state index contributed by atoms with van der Waals surface area (Å²) in [5.74, 6) is 0.320. The summed E-state index contributed by atoms with van der Waals surface area (Å²) in [4.78, 5) is 11.9. The van der Waals surface area contributed by atoms with Gasteiger partial charge in [0.15, 0.2) is 5.79 Å². The molecule has 0 aromatic rings. The zero-order valence-corrected chi connectivity index (χ0v) is 9.62. The highest BCUT2D eigenvalue weighted by molar-refractivity contribution is 5.84. The minimum atomic E-state index is -0.564. The van der Waals surface area contributed by atoms with Crippen molar-refractivity contribution in [2.45, 2.75) is 45.3 Å². The molecule has 0 aromatic heterocycles. The molecular weight excluding hydrogens is 192 g/mol. The van der Waals surface area contributed by atoms with Gasteiger partial charge in [0, 0.05) is 26.1 Å². The van der Waals surface area contributed by atoms with Gasteiger partial charge in [-0.2, -0.15) is 0 Å². The van der Waals surface area contributed by atoms with Crippen LogP contribution in [-0.4, -0.2) is 24.8 Å². The first-order valence-electron chi connectivity index (χ1n) is 6.04. The summed E-state index contributed by atoms with van der Waals surface area (Å²) in [6.45, 7) is 5.16. The molecule has 0 spiro atoms. The van der Waals surface area contributed by atoms with E-state index in [9.17, 15) is 4.79 Å². The van der Waals surface area contributed by atoms with Gasteiger partial charge in [0.05, 0.1) is 5.92 Å². The fourth-order valence-electron chi connectivity index (χ4n) is 3.11. The molecule has 0 saturated heterocycles. The number of hydrogen-bond acceptors (Lipinski definition) is 3. The Bertz CT molecular complexity index is 243. The smallest absolute Gasteiger partial charge is 0.178 e. The van der Waals surface area contributed by atoms with E-state index in [4.69, 9.17) is 9.47 Å². The van der Waals surface area contributed by atoms with E-state index < -0.39 is 5.79 Å². The van der Waals surface area contributed by atoms with Crippen molar-refractivity contribution in [3.8, 4) is 0 Å². The molecule has 0 radical (unpaired) electrons. The maximum absolute atomic E-state index is 11.9. The Balaban J connectivity index is 2.10. The Morgan fingerprint density at radius 2 is 2.00 bits per heavy atom. The molecule has 2 unspecified atom stereocenters. The maximum Gasteiger partial charge on any atom is 0.178 e. The lowest BCUT2D eigenvalue weighted by Gasteiger charge is -2.54. The molecule has 2 rings (SSSR count). The first-order valence-corrected chi connectivity index (χ1v) is 6.04. The Hall–Kier alpha value is -0.410. The van der Waals surface area contributed by atoms with E-state index in [1.807, 2.05) is 13.8 Å². The summed E-state index contributed by atoms with van der Waals surface area (Å²) in [6, 6.07) is 0. The molecule has 2 fully saturated rings. The summed E-state index contributed by atoms with van der Waals surface area (Å²) in [5.41, 5.74) is 0. The summed E-state index contributed by atoms with van der Waals surface area (Å²) in [7, 11) is 0. The fourth-order valence-corrected chi connectivity index (χ4v) is 3.11. The van der Waals surface area contributed by atoms with Crippen molar-refractivity contribution in [1.29, 1.82) is 0 Å². The Kier molecular flexibility index (Phi) is 3.12. The van der Waals surface area contributed by atoms with Gasteiger partial charge in [-0.25, -0.2) is 0 Å². The van der Waals surface area contributed by atoms with E-state index in [1.165, 1.54) is 0 Å². The van der Waals surface area contributed by atoms with E-state index in [2.05, 4.69) is 0 Å². The number of ether oxygens (including phenoxy) is 2. The normalized spacial score (nSPS) is 33.3. The number of fused-ring (bicyclic) bond motifs is 1. The number of carbonyl (C=O) groups excluding carboxylic acids is 1. The monoisotopic (exact) mass is 212 g/mol. The predicted molar refractivity (Wildman–Crippen MR) is 56.4 cm³/mol. The van der Waals surface area contributed by atoms with Crippen LogP contribution in [0.25, 0.3) is 0 Å². The lowest BCUT2D eigenvalue weighted by molar-refractivity contribution is -0.322. The van der Waals surface area contributed by atoms with Gasteiger partial charge in [0.1, 0.15) is 5.78 Å². The van der Waals surface area contributed by atoms with E-state index in [0.717, 1.165) is 19.3 Å². The second-order valence-corrected chi connectivity index (χ2v) is 4.48. The Labute approximate surface area is 91.1 Å². The summed E-state index contributed by atoms with van der Waals surface area (Å²) in [5, 5.41) is 0. The average molecular weight is 212 g/mol. The summed E-state index contributed by atoms with van der Waals surface area (Å²) >= 11 is 0. The minimum Gasteiger partial charge on any atom is -0.349 e. The average Bonchev–Trinajstić information content (AvgIpc) is 2.16. The molecule has 2 saturated carbocycles. The number of hydrogen-bond donors (Lipinski definition) is 0. The van der Waals surface area contributed by atoms with E-state index >= 15 is 0 Å². The zero-order valence-electron chi connectivity index (χ0n) is 9.62. The molecule has 0 heterocycles. The molecule has 86 valence electrons. The van der Waals surface area contributed by atoms with E-state index in [0.29, 0.717) is 31.3 Å². The van der Waals surface area contributed by atoms with E-state index in [-0.39, 0.29) is 5.92 Å². The fraction of sp³-hybridized carbons (Fsp3) is 0.917. The molecule has 0 amide bonds. The van der Waals surface area contributed by atoms with Crippen LogP contribution in [0.4, 0.5) is 0 Å². The molecule has 3 nitrogen and oxygen atoms in total. The number of carbonyl (C=O) groups is 1. The molecular formula is C12H20O3. The highest BCUT2D eigenvalue weighted by Crippen LogP contribution is 2.52. The van der Waals surface area contributed by atoms with Gasteiger partial charge in [-0.15, -0.1) is 0 Å².